The molecule has 1 saturated heterocycles. The Hall–Kier alpha value is -2.95. The van der Waals surface area contributed by atoms with Gasteiger partial charge in [-0.1, -0.05) is 24.6 Å². The molecule has 2 heterocycles. The van der Waals surface area contributed by atoms with Gasteiger partial charge in [0.05, 0.1) is 11.2 Å². The molecule has 4 rings (SSSR count). The third-order valence-corrected chi connectivity index (χ3v) is 6.68. The van der Waals surface area contributed by atoms with Crippen LogP contribution in [0.15, 0.2) is 63.7 Å². The Morgan fingerprint density at radius 3 is 2.54 bits per heavy atom. The van der Waals surface area contributed by atoms with Crippen LogP contribution < -0.4 is 15.4 Å². The fourth-order valence-electron chi connectivity index (χ4n) is 4.04. The fraction of sp³-hybridized carbons (Fsp3) is 0.400. The molecule has 190 valence electrons. The fourth-order valence-corrected chi connectivity index (χ4v) is 4.52. The van der Waals surface area contributed by atoms with E-state index in [2.05, 4.69) is 30.7 Å². The summed E-state index contributed by atoms with van der Waals surface area (Å²) in [7, 11) is -4.02. The number of benzene rings is 2. The van der Waals surface area contributed by atoms with Gasteiger partial charge in [-0.05, 0) is 57.4 Å². The van der Waals surface area contributed by atoms with Gasteiger partial charge in [-0.2, -0.15) is 13.4 Å². The lowest BCUT2D eigenvalue weighted by Crippen LogP contribution is -2.38. The minimum atomic E-state index is -4.02. The number of oxazole rings is 1. The van der Waals surface area contributed by atoms with Crippen LogP contribution >= 0.6 is 0 Å². The number of ether oxygens (including phenoxy) is 1. The van der Waals surface area contributed by atoms with Crippen LogP contribution in [-0.4, -0.2) is 43.2 Å². The summed E-state index contributed by atoms with van der Waals surface area (Å²) in [6.45, 7) is 9.68. The van der Waals surface area contributed by atoms with Gasteiger partial charge in [0.15, 0.2) is 5.58 Å². The van der Waals surface area contributed by atoms with Gasteiger partial charge in [0.25, 0.3) is 16.1 Å². The molecule has 0 radical (unpaired) electrons. The molecule has 1 aromatic heterocycles. The van der Waals surface area contributed by atoms with Crippen LogP contribution in [0.25, 0.3) is 11.1 Å². The van der Waals surface area contributed by atoms with Crippen molar-refractivity contribution in [2.24, 2.45) is 11.7 Å². The summed E-state index contributed by atoms with van der Waals surface area (Å²) in [5, 5.41) is 0. The second kappa shape index (κ2) is 10.8. The number of rotatable bonds is 6. The largest absolute Gasteiger partial charge is 0.489 e. The maximum atomic E-state index is 12.5. The van der Waals surface area contributed by atoms with Gasteiger partial charge >= 0.3 is 0 Å². The highest BCUT2D eigenvalue weighted by Gasteiger charge is 2.38. The van der Waals surface area contributed by atoms with Crippen molar-refractivity contribution in [1.82, 2.24) is 4.98 Å². The van der Waals surface area contributed by atoms with Crippen molar-refractivity contribution in [1.29, 1.82) is 0 Å². The van der Waals surface area contributed by atoms with Gasteiger partial charge < -0.3 is 19.8 Å². The molecule has 0 saturated carbocycles. The minimum Gasteiger partial charge on any atom is -0.489 e. The number of aryl methyl sites for hydroxylation is 1. The second-order valence-electron chi connectivity index (χ2n) is 9.41. The monoisotopic (exact) mass is 505 g/mol. The number of nitrogens with two attached hydrogens (primary N) is 1. The lowest BCUT2D eigenvalue weighted by Gasteiger charge is -2.29. The molecule has 35 heavy (non-hydrogen) atoms. The highest BCUT2D eigenvalue weighted by atomic mass is 32.2. The van der Waals surface area contributed by atoms with E-state index < -0.39 is 10.1 Å². The first kappa shape index (κ1) is 26.7. The molecule has 0 spiro atoms. The third-order valence-electron chi connectivity index (χ3n) is 5.81. The van der Waals surface area contributed by atoms with E-state index >= 15 is 0 Å². The van der Waals surface area contributed by atoms with E-state index in [-0.39, 0.29) is 23.6 Å². The summed E-state index contributed by atoms with van der Waals surface area (Å²) in [6, 6.07) is 12.1. The molecule has 1 atom stereocenters. The van der Waals surface area contributed by atoms with Crippen molar-refractivity contribution in [2.45, 2.75) is 44.6 Å². The third kappa shape index (κ3) is 6.81. The summed E-state index contributed by atoms with van der Waals surface area (Å²) in [5.74, 6) is 1.21. The molecule has 3 aromatic rings. The Morgan fingerprint density at radius 1 is 1.31 bits per heavy atom. The number of fused-ring (bicyclic) bond motifs is 1. The molecule has 3 N–H and O–H groups in total. The number of hydrogen-bond donors (Lipinski definition) is 2. The smallest absolute Gasteiger partial charge is 0.298 e. The Bertz CT molecular complexity index is 1290. The van der Waals surface area contributed by atoms with Crippen LogP contribution in [0, 0.1) is 12.8 Å². The van der Waals surface area contributed by atoms with E-state index in [1.807, 2.05) is 13.0 Å². The first-order valence-corrected chi connectivity index (χ1v) is 12.7. The maximum Gasteiger partial charge on any atom is 0.298 e. The number of halogens is 1. The minimum absolute atomic E-state index is 0.0293. The maximum absolute atomic E-state index is 12.5. The molecule has 1 aliphatic heterocycles. The van der Waals surface area contributed by atoms with Gasteiger partial charge in [0.1, 0.15) is 17.9 Å². The Labute approximate surface area is 205 Å². The quantitative estimate of drug-likeness (QED) is 0.455. The lowest BCUT2D eigenvalue weighted by atomic mass is 9.98. The average Bonchev–Trinajstić information content (AvgIpc) is 3.32. The van der Waals surface area contributed by atoms with Crippen molar-refractivity contribution in [2.75, 3.05) is 24.6 Å². The van der Waals surface area contributed by atoms with Crippen molar-refractivity contribution in [3.63, 3.8) is 0 Å². The van der Waals surface area contributed by atoms with Crippen molar-refractivity contribution < 1.29 is 26.5 Å². The van der Waals surface area contributed by atoms with E-state index in [1.54, 1.807) is 24.3 Å². The second-order valence-corrected chi connectivity index (χ2v) is 10.8. The van der Waals surface area contributed by atoms with Crippen LogP contribution in [0.2, 0.25) is 0 Å². The van der Waals surface area contributed by atoms with Crippen molar-refractivity contribution in [3.05, 3.63) is 59.9 Å². The summed E-state index contributed by atoms with van der Waals surface area (Å²) in [5.41, 5.74) is 8.26. The van der Waals surface area contributed by atoms with Gasteiger partial charge in [-0.15, -0.1) is 0 Å². The van der Waals surface area contributed by atoms with Gasteiger partial charge in [0, 0.05) is 30.3 Å². The first-order chi connectivity index (χ1) is 16.4. The summed E-state index contributed by atoms with van der Waals surface area (Å²) < 4.78 is 53.6. The van der Waals surface area contributed by atoms with Crippen LogP contribution in [0.4, 0.5) is 10.4 Å². The molecule has 8 nitrogen and oxygen atoms in total. The Morgan fingerprint density at radius 2 is 2.00 bits per heavy atom. The zero-order valence-electron chi connectivity index (χ0n) is 20.4. The van der Waals surface area contributed by atoms with E-state index in [1.165, 1.54) is 12.1 Å². The van der Waals surface area contributed by atoms with E-state index in [9.17, 15) is 12.8 Å². The SMILES string of the molecule is CC1CN(c2nc3ccc(OC/C(=C/F)CN)cc3o2)C(C)(C)C1.Cc1ccc(S(=O)(=O)O)cc1. The Kier molecular flexibility index (Phi) is 8.19. The molecule has 0 aliphatic carbocycles. The van der Waals surface area contributed by atoms with E-state index in [4.69, 9.17) is 19.4 Å². The normalized spacial score (nSPS) is 17.9. The molecule has 10 heteroatoms. The molecular weight excluding hydrogens is 473 g/mol. The first-order valence-electron chi connectivity index (χ1n) is 11.3. The zero-order chi connectivity index (χ0) is 25.8. The van der Waals surface area contributed by atoms with E-state index in [0.717, 1.165) is 24.0 Å². The van der Waals surface area contributed by atoms with Crippen molar-refractivity contribution >= 4 is 27.2 Å². The van der Waals surface area contributed by atoms with Gasteiger partial charge in [-0.3, -0.25) is 4.55 Å². The number of anilines is 1. The van der Waals surface area contributed by atoms with E-state index in [0.29, 0.717) is 35.2 Å². The Balaban J connectivity index is 0.000000261. The topological polar surface area (TPSA) is 119 Å². The summed E-state index contributed by atoms with van der Waals surface area (Å²) >= 11 is 0. The molecule has 1 aliphatic rings. The summed E-state index contributed by atoms with van der Waals surface area (Å²) in [6.07, 6.45) is 1.60. The number of hydrogen-bond acceptors (Lipinski definition) is 7. The van der Waals surface area contributed by atoms with Gasteiger partial charge in [-0.25, -0.2) is 4.39 Å². The molecular formula is C25H32FN3O5S. The number of aromatic nitrogens is 1. The molecule has 2 aromatic carbocycles. The van der Waals surface area contributed by atoms with Crippen LogP contribution in [-0.2, 0) is 10.1 Å². The molecule has 0 amide bonds. The predicted molar refractivity (Wildman–Crippen MR) is 134 cm³/mol. The number of nitrogens with zero attached hydrogens (tertiary/aromatic N) is 2. The van der Waals surface area contributed by atoms with Crippen LogP contribution in [0.1, 0.15) is 32.8 Å². The summed E-state index contributed by atoms with van der Waals surface area (Å²) in [4.78, 5) is 6.76. The molecule has 1 unspecified atom stereocenters. The van der Waals surface area contributed by atoms with Crippen LogP contribution in [0.5, 0.6) is 5.75 Å². The average molecular weight is 506 g/mol. The van der Waals surface area contributed by atoms with Crippen molar-refractivity contribution in [3.8, 4) is 5.75 Å². The lowest BCUT2D eigenvalue weighted by molar-refractivity contribution is 0.347. The molecule has 1 fully saturated rings. The highest BCUT2D eigenvalue weighted by Crippen LogP contribution is 2.37. The highest BCUT2D eigenvalue weighted by molar-refractivity contribution is 7.85. The van der Waals surface area contributed by atoms with Crippen LogP contribution in [0.3, 0.4) is 0 Å². The molecule has 0 bridgehead atoms. The zero-order valence-corrected chi connectivity index (χ0v) is 21.2. The standard InChI is InChI=1S/C18H24FN3O2.C7H8O3S/c1-12-7-18(2,3)22(10-12)17-21-15-5-4-14(6-16(15)24-17)23-11-13(8-19)9-20;1-6-2-4-7(5-3-6)11(8,9)10/h4-6,8,12H,7,9-11,20H2,1-3H3;2-5H,1H3,(H,8,9,10)/b13-8+;. The predicted octanol–water partition coefficient (Wildman–Crippen LogP) is 4.89. The van der Waals surface area contributed by atoms with Gasteiger partial charge in [0.2, 0.25) is 0 Å².